The lowest BCUT2D eigenvalue weighted by molar-refractivity contribution is 0.0594. The van der Waals surface area contributed by atoms with Crippen molar-refractivity contribution in [3.05, 3.63) is 29.5 Å². The number of hydrogen-bond donors (Lipinski definition) is 2. The molecule has 1 aromatic carbocycles. The minimum absolute atomic E-state index is 0.0352. The number of benzene rings is 1. The van der Waals surface area contributed by atoms with E-state index in [4.69, 9.17) is 5.73 Å². The number of nitrogens with zero attached hydrogens (tertiary/aromatic N) is 1. The number of ether oxygens (including phenoxy) is 1. The second kappa shape index (κ2) is 3.93. The van der Waals surface area contributed by atoms with E-state index in [1.165, 1.54) is 13.2 Å². The molecule has 0 fully saturated rings. The van der Waals surface area contributed by atoms with E-state index in [2.05, 4.69) is 9.72 Å². The van der Waals surface area contributed by atoms with Gasteiger partial charge in [-0.2, -0.15) is 0 Å². The summed E-state index contributed by atoms with van der Waals surface area (Å²) in [5, 5.41) is 10.4. The van der Waals surface area contributed by atoms with Crippen LogP contribution in [0.2, 0.25) is 0 Å². The molecular formula is C12H12N2O3. The number of aromatic hydroxyl groups is 1. The smallest absolute Gasteiger partial charge is 0.356 e. The maximum Gasteiger partial charge on any atom is 0.356 e. The Balaban J connectivity index is 2.77. The third-order valence-corrected chi connectivity index (χ3v) is 2.46. The summed E-state index contributed by atoms with van der Waals surface area (Å²) in [6.07, 6.45) is 0. The molecule has 0 aliphatic carbocycles. The Kier molecular flexibility index (Phi) is 2.59. The molecule has 2 rings (SSSR count). The SMILES string of the molecule is COC(=O)c1cc(O)c2cc(C)cc(N)c2n1. The zero-order valence-electron chi connectivity index (χ0n) is 9.52. The van der Waals surface area contributed by atoms with Crippen LogP contribution in [0.15, 0.2) is 18.2 Å². The van der Waals surface area contributed by atoms with Crippen LogP contribution in [0.5, 0.6) is 5.75 Å². The number of nitrogens with two attached hydrogens (primary N) is 1. The zero-order chi connectivity index (χ0) is 12.6. The first-order valence-electron chi connectivity index (χ1n) is 5.01. The molecule has 2 aromatic rings. The number of aromatic nitrogens is 1. The number of nitrogen functional groups attached to an aromatic ring is 1. The summed E-state index contributed by atoms with van der Waals surface area (Å²) in [6.45, 7) is 1.86. The lowest BCUT2D eigenvalue weighted by atomic mass is 10.1. The molecule has 1 heterocycles. The quantitative estimate of drug-likeness (QED) is 0.576. The third-order valence-electron chi connectivity index (χ3n) is 2.46. The fraction of sp³-hybridized carbons (Fsp3) is 0.167. The molecule has 0 unspecified atom stereocenters. The molecule has 0 radical (unpaired) electrons. The summed E-state index contributed by atoms with van der Waals surface area (Å²) in [5.74, 6) is -0.645. The number of aryl methyl sites for hydroxylation is 1. The standard InChI is InChI=1S/C12H12N2O3/c1-6-3-7-10(15)5-9(12(16)17-2)14-11(7)8(13)4-6/h3-5H,13H2,1-2H3,(H,14,15). The highest BCUT2D eigenvalue weighted by Crippen LogP contribution is 2.29. The molecule has 17 heavy (non-hydrogen) atoms. The number of esters is 1. The highest BCUT2D eigenvalue weighted by Gasteiger charge is 2.13. The second-order valence-electron chi connectivity index (χ2n) is 3.77. The van der Waals surface area contributed by atoms with Gasteiger partial charge >= 0.3 is 5.97 Å². The van der Waals surface area contributed by atoms with Crippen LogP contribution in [-0.4, -0.2) is 23.2 Å². The average Bonchev–Trinajstić information content (AvgIpc) is 2.29. The summed E-state index contributed by atoms with van der Waals surface area (Å²) < 4.78 is 4.55. The van der Waals surface area contributed by atoms with Crippen molar-refractivity contribution in [2.75, 3.05) is 12.8 Å². The first-order chi connectivity index (χ1) is 8.02. The van der Waals surface area contributed by atoms with E-state index in [0.717, 1.165) is 5.56 Å². The summed E-state index contributed by atoms with van der Waals surface area (Å²) in [6, 6.07) is 4.76. The minimum Gasteiger partial charge on any atom is -0.507 e. The van der Waals surface area contributed by atoms with Gasteiger partial charge in [0.1, 0.15) is 5.75 Å². The van der Waals surface area contributed by atoms with Crippen LogP contribution in [0, 0.1) is 6.92 Å². The van der Waals surface area contributed by atoms with Crippen LogP contribution in [0.25, 0.3) is 10.9 Å². The fourth-order valence-electron chi connectivity index (χ4n) is 1.70. The number of fused-ring (bicyclic) bond motifs is 1. The Hall–Kier alpha value is -2.30. The second-order valence-corrected chi connectivity index (χ2v) is 3.77. The summed E-state index contributed by atoms with van der Waals surface area (Å²) >= 11 is 0. The van der Waals surface area contributed by atoms with Crippen molar-refractivity contribution >= 4 is 22.6 Å². The van der Waals surface area contributed by atoms with Gasteiger partial charge in [-0.1, -0.05) is 0 Å². The van der Waals surface area contributed by atoms with Crippen molar-refractivity contribution in [3.63, 3.8) is 0 Å². The van der Waals surface area contributed by atoms with Crippen LogP contribution in [0.1, 0.15) is 16.1 Å². The predicted octanol–water partition coefficient (Wildman–Crippen LogP) is 1.62. The Morgan fingerprint density at radius 2 is 2.12 bits per heavy atom. The molecule has 1 aromatic heterocycles. The predicted molar refractivity (Wildman–Crippen MR) is 63.9 cm³/mol. The van der Waals surface area contributed by atoms with Gasteiger partial charge in [0.2, 0.25) is 0 Å². The van der Waals surface area contributed by atoms with Gasteiger partial charge in [0.25, 0.3) is 0 Å². The van der Waals surface area contributed by atoms with Gasteiger partial charge in [-0.25, -0.2) is 9.78 Å². The van der Waals surface area contributed by atoms with Crippen LogP contribution in [-0.2, 0) is 4.74 Å². The zero-order valence-corrected chi connectivity index (χ0v) is 9.52. The summed E-state index contributed by atoms with van der Waals surface area (Å²) in [4.78, 5) is 15.4. The topological polar surface area (TPSA) is 85.4 Å². The van der Waals surface area contributed by atoms with Crippen molar-refractivity contribution in [2.45, 2.75) is 6.92 Å². The number of carbonyl (C=O) groups excluding carboxylic acids is 1. The Morgan fingerprint density at radius 1 is 1.41 bits per heavy atom. The summed E-state index contributed by atoms with van der Waals surface area (Å²) in [7, 11) is 1.25. The Labute approximate surface area is 97.8 Å². The first-order valence-corrected chi connectivity index (χ1v) is 5.01. The highest BCUT2D eigenvalue weighted by molar-refractivity contribution is 5.98. The van der Waals surface area contributed by atoms with Crippen molar-refractivity contribution < 1.29 is 14.6 Å². The molecule has 0 bridgehead atoms. The molecule has 0 saturated heterocycles. The Morgan fingerprint density at radius 3 is 2.76 bits per heavy atom. The van der Waals surface area contributed by atoms with Gasteiger partial charge < -0.3 is 15.6 Å². The van der Waals surface area contributed by atoms with E-state index in [1.807, 2.05) is 6.92 Å². The van der Waals surface area contributed by atoms with Crippen molar-refractivity contribution in [3.8, 4) is 5.75 Å². The van der Waals surface area contributed by atoms with Gasteiger partial charge in [-0.15, -0.1) is 0 Å². The molecular weight excluding hydrogens is 220 g/mol. The summed E-state index contributed by atoms with van der Waals surface area (Å²) in [5.41, 5.74) is 7.58. The van der Waals surface area contributed by atoms with Crippen LogP contribution in [0.3, 0.4) is 0 Å². The monoisotopic (exact) mass is 232 g/mol. The number of rotatable bonds is 1. The Bertz CT molecular complexity index is 608. The van der Waals surface area contributed by atoms with Gasteiger partial charge in [-0.3, -0.25) is 0 Å². The van der Waals surface area contributed by atoms with Gasteiger partial charge in [0.15, 0.2) is 5.69 Å². The lowest BCUT2D eigenvalue weighted by Gasteiger charge is -2.07. The lowest BCUT2D eigenvalue weighted by Crippen LogP contribution is -2.05. The molecule has 0 saturated carbocycles. The molecule has 5 nitrogen and oxygen atoms in total. The maximum absolute atomic E-state index is 11.4. The van der Waals surface area contributed by atoms with E-state index in [9.17, 15) is 9.90 Å². The number of pyridine rings is 1. The van der Waals surface area contributed by atoms with Gasteiger partial charge in [0.05, 0.1) is 18.3 Å². The fourth-order valence-corrected chi connectivity index (χ4v) is 1.70. The van der Waals surface area contributed by atoms with Crippen LogP contribution < -0.4 is 5.73 Å². The van der Waals surface area contributed by atoms with E-state index in [1.54, 1.807) is 12.1 Å². The maximum atomic E-state index is 11.4. The third kappa shape index (κ3) is 1.87. The minimum atomic E-state index is -0.609. The van der Waals surface area contributed by atoms with Crippen molar-refractivity contribution in [1.29, 1.82) is 0 Å². The molecule has 0 atom stereocenters. The first kappa shape index (κ1) is 11.2. The van der Waals surface area contributed by atoms with Gasteiger partial charge in [0, 0.05) is 11.5 Å². The van der Waals surface area contributed by atoms with Crippen LogP contribution >= 0.6 is 0 Å². The van der Waals surface area contributed by atoms with Crippen molar-refractivity contribution in [1.82, 2.24) is 4.98 Å². The largest absolute Gasteiger partial charge is 0.507 e. The van der Waals surface area contributed by atoms with E-state index in [-0.39, 0.29) is 11.4 Å². The van der Waals surface area contributed by atoms with Crippen molar-refractivity contribution in [2.24, 2.45) is 0 Å². The number of methoxy groups -OCH3 is 1. The number of carbonyl (C=O) groups is 1. The van der Waals surface area contributed by atoms with Gasteiger partial charge in [-0.05, 0) is 24.6 Å². The highest BCUT2D eigenvalue weighted by atomic mass is 16.5. The molecule has 88 valence electrons. The van der Waals surface area contributed by atoms with Crippen LogP contribution in [0.4, 0.5) is 5.69 Å². The molecule has 0 aliphatic rings. The van der Waals surface area contributed by atoms with E-state index < -0.39 is 5.97 Å². The molecule has 0 spiro atoms. The molecule has 0 amide bonds. The molecule has 0 aliphatic heterocycles. The normalized spacial score (nSPS) is 10.5. The molecule has 3 N–H and O–H groups in total. The van der Waals surface area contributed by atoms with E-state index in [0.29, 0.717) is 16.6 Å². The average molecular weight is 232 g/mol. The number of anilines is 1. The van der Waals surface area contributed by atoms with E-state index >= 15 is 0 Å². The molecule has 5 heteroatoms. The number of hydrogen-bond acceptors (Lipinski definition) is 5.